The molecular formula is C21H16N2O2S2. The average Bonchev–Trinajstić information content (AvgIpc) is 3.34. The summed E-state index contributed by atoms with van der Waals surface area (Å²) in [5.74, 6) is 0. The van der Waals surface area contributed by atoms with Crippen LogP contribution in [-0.2, 0) is 10.0 Å². The zero-order chi connectivity index (χ0) is 18.4. The lowest BCUT2D eigenvalue weighted by atomic mass is 10.1. The maximum atomic E-state index is 13.3. The fourth-order valence-corrected chi connectivity index (χ4v) is 6.37. The molecule has 0 radical (unpaired) electrons. The predicted molar refractivity (Wildman–Crippen MR) is 107 cm³/mol. The van der Waals surface area contributed by atoms with Crippen LogP contribution >= 0.6 is 11.3 Å². The molecule has 1 aromatic heterocycles. The largest absolute Gasteiger partial charge is 0.244 e. The Balaban J connectivity index is 1.62. The fraction of sp³-hybridized carbons (Fsp3) is 0.0952. The highest BCUT2D eigenvalue weighted by Crippen LogP contribution is 2.58. The van der Waals surface area contributed by atoms with Gasteiger partial charge in [0.15, 0.2) is 0 Å². The number of aromatic nitrogens is 1. The van der Waals surface area contributed by atoms with E-state index in [1.54, 1.807) is 39.9 Å². The van der Waals surface area contributed by atoms with Gasteiger partial charge < -0.3 is 0 Å². The number of thiazole rings is 1. The molecule has 1 unspecified atom stereocenters. The first-order valence-corrected chi connectivity index (χ1v) is 10.9. The SMILES string of the molecule is O=S(=O)(c1ccccc1)N1[C@H](c2ccccc2)[C@H]1c1nc2ccccc2s1. The molecule has 5 rings (SSSR count). The molecule has 3 aromatic carbocycles. The van der Waals surface area contributed by atoms with Crippen molar-refractivity contribution in [3.8, 4) is 0 Å². The molecule has 2 heterocycles. The maximum Gasteiger partial charge on any atom is 0.244 e. The lowest BCUT2D eigenvalue weighted by Gasteiger charge is -2.06. The zero-order valence-electron chi connectivity index (χ0n) is 14.3. The molecule has 6 heteroatoms. The Morgan fingerprint density at radius 1 is 0.778 bits per heavy atom. The van der Waals surface area contributed by atoms with Gasteiger partial charge in [-0.25, -0.2) is 13.4 Å². The third-order valence-corrected chi connectivity index (χ3v) is 7.77. The smallest absolute Gasteiger partial charge is 0.239 e. The first-order chi connectivity index (χ1) is 13.2. The number of fused-ring (bicyclic) bond motifs is 1. The molecule has 0 aliphatic carbocycles. The molecule has 4 aromatic rings. The second-order valence-electron chi connectivity index (χ2n) is 6.47. The van der Waals surface area contributed by atoms with Crippen molar-refractivity contribution in [1.29, 1.82) is 0 Å². The number of hydrogen-bond acceptors (Lipinski definition) is 4. The first kappa shape index (κ1) is 16.6. The summed E-state index contributed by atoms with van der Waals surface area (Å²) in [5, 5.41) is 0.838. The summed E-state index contributed by atoms with van der Waals surface area (Å²) in [6.45, 7) is 0. The van der Waals surface area contributed by atoms with Gasteiger partial charge in [0.1, 0.15) is 5.01 Å². The van der Waals surface area contributed by atoms with E-state index in [0.717, 1.165) is 20.8 Å². The van der Waals surface area contributed by atoms with E-state index >= 15 is 0 Å². The molecule has 1 saturated heterocycles. The van der Waals surface area contributed by atoms with Gasteiger partial charge in [-0.15, -0.1) is 11.3 Å². The van der Waals surface area contributed by atoms with Crippen LogP contribution in [-0.4, -0.2) is 17.7 Å². The summed E-state index contributed by atoms with van der Waals surface area (Å²) in [5.41, 5.74) is 1.90. The van der Waals surface area contributed by atoms with E-state index in [4.69, 9.17) is 4.98 Å². The van der Waals surface area contributed by atoms with E-state index in [1.165, 1.54) is 0 Å². The second kappa shape index (κ2) is 6.27. The van der Waals surface area contributed by atoms with E-state index in [2.05, 4.69) is 0 Å². The summed E-state index contributed by atoms with van der Waals surface area (Å²) < 4.78 is 29.2. The van der Waals surface area contributed by atoms with Crippen molar-refractivity contribution in [2.75, 3.05) is 0 Å². The summed E-state index contributed by atoms with van der Waals surface area (Å²) in [4.78, 5) is 5.03. The second-order valence-corrected chi connectivity index (χ2v) is 9.37. The van der Waals surface area contributed by atoms with Crippen LogP contribution in [0.5, 0.6) is 0 Å². The highest BCUT2D eigenvalue weighted by Gasteiger charge is 2.58. The van der Waals surface area contributed by atoms with Crippen molar-refractivity contribution in [2.45, 2.75) is 17.0 Å². The molecule has 3 atom stereocenters. The summed E-state index contributed by atoms with van der Waals surface area (Å²) in [6, 6.07) is 25.8. The van der Waals surface area contributed by atoms with Crippen LogP contribution in [0.4, 0.5) is 0 Å². The first-order valence-electron chi connectivity index (χ1n) is 8.65. The Hall–Kier alpha value is -2.54. The minimum atomic E-state index is -3.60. The maximum absolute atomic E-state index is 13.3. The van der Waals surface area contributed by atoms with Crippen molar-refractivity contribution in [3.05, 3.63) is 95.5 Å². The average molecular weight is 393 g/mol. The van der Waals surface area contributed by atoms with Crippen LogP contribution in [0.1, 0.15) is 22.7 Å². The van der Waals surface area contributed by atoms with Gasteiger partial charge in [-0.2, -0.15) is 4.31 Å². The normalized spacial score (nSPS) is 22.0. The van der Waals surface area contributed by atoms with Crippen LogP contribution in [0, 0.1) is 0 Å². The van der Waals surface area contributed by atoms with Crippen molar-refractivity contribution in [1.82, 2.24) is 9.29 Å². The van der Waals surface area contributed by atoms with Crippen LogP contribution in [0.25, 0.3) is 10.2 Å². The van der Waals surface area contributed by atoms with Crippen LogP contribution < -0.4 is 0 Å². The van der Waals surface area contributed by atoms with E-state index in [-0.39, 0.29) is 12.1 Å². The number of benzene rings is 3. The molecule has 134 valence electrons. The molecule has 4 nitrogen and oxygen atoms in total. The summed E-state index contributed by atoms with van der Waals surface area (Å²) >= 11 is 1.56. The number of nitrogens with zero attached hydrogens (tertiary/aromatic N) is 2. The van der Waals surface area contributed by atoms with Gasteiger partial charge in [0.25, 0.3) is 0 Å². The van der Waals surface area contributed by atoms with Crippen molar-refractivity contribution in [2.24, 2.45) is 0 Å². The van der Waals surface area contributed by atoms with Gasteiger partial charge in [-0.1, -0.05) is 60.7 Å². The Kier molecular flexibility index (Phi) is 3.86. The minimum Gasteiger partial charge on any atom is -0.239 e. The predicted octanol–water partition coefficient (Wildman–Crippen LogP) is 4.78. The van der Waals surface area contributed by atoms with Gasteiger partial charge in [0.2, 0.25) is 10.0 Å². The van der Waals surface area contributed by atoms with Crippen molar-refractivity contribution < 1.29 is 8.42 Å². The Morgan fingerprint density at radius 2 is 1.41 bits per heavy atom. The standard InChI is InChI=1S/C21H16N2O2S2/c24-27(25,16-11-5-2-6-12-16)23-19(15-9-3-1-4-10-15)20(23)21-22-17-13-7-8-14-18(17)26-21/h1-14,19-20H/t19-,20+,23?/m1/s1. The molecule has 0 spiro atoms. The van der Waals surface area contributed by atoms with Gasteiger partial charge in [0, 0.05) is 0 Å². The molecule has 27 heavy (non-hydrogen) atoms. The monoisotopic (exact) mass is 392 g/mol. The number of para-hydroxylation sites is 1. The quantitative estimate of drug-likeness (QED) is 0.470. The van der Waals surface area contributed by atoms with E-state index in [0.29, 0.717) is 4.90 Å². The highest BCUT2D eigenvalue weighted by molar-refractivity contribution is 7.89. The molecule has 0 saturated carbocycles. The molecule has 1 aliphatic heterocycles. The molecule has 0 bridgehead atoms. The van der Waals surface area contributed by atoms with E-state index in [1.807, 2.05) is 60.7 Å². The van der Waals surface area contributed by atoms with E-state index in [9.17, 15) is 8.42 Å². The van der Waals surface area contributed by atoms with Crippen LogP contribution in [0.2, 0.25) is 0 Å². The fourth-order valence-electron chi connectivity index (χ4n) is 3.46. The Bertz CT molecular complexity index is 1170. The highest BCUT2D eigenvalue weighted by atomic mass is 32.2. The third kappa shape index (κ3) is 2.77. The Labute approximate surface area is 161 Å². The minimum absolute atomic E-state index is 0.225. The zero-order valence-corrected chi connectivity index (χ0v) is 15.9. The van der Waals surface area contributed by atoms with Crippen molar-refractivity contribution >= 4 is 31.6 Å². The summed E-state index contributed by atoms with van der Waals surface area (Å²) in [7, 11) is -3.60. The topological polar surface area (TPSA) is 50.0 Å². The lowest BCUT2D eigenvalue weighted by Crippen LogP contribution is -2.13. The van der Waals surface area contributed by atoms with Gasteiger partial charge >= 0.3 is 0 Å². The van der Waals surface area contributed by atoms with Crippen LogP contribution in [0.15, 0.2) is 89.8 Å². The molecule has 1 fully saturated rings. The van der Waals surface area contributed by atoms with Gasteiger partial charge in [-0.05, 0) is 29.8 Å². The molecule has 1 aliphatic rings. The van der Waals surface area contributed by atoms with Crippen molar-refractivity contribution in [3.63, 3.8) is 0 Å². The molecule has 0 N–H and O–H groups in total. The molecular weight excluding hydrogens is 376 g/mol. The summed E-state index contributed by atoms with van der Waals surface area (Å²) in [6.07, 6.45) is 0. The van der Waals surface area contributed by atoms with Gasteiger partial charge in [-0.3, -0.25) is 0 Å². The molecule has 0 amide bonds. The van der Waals surface area contributed by atoms with E-state index < -0.39 is 10.0 Å². The van der Waals surface area contributed by atoms with Gasteiger partial charge in [0.05, 0.1) is 27.2 Å². The third-order valence-electron chi connectivity index (χ3n) is 4.78. The van der Waals surface area contributed by atoms with Crippen LogP contribution in [0.3, 0.4) is 0 Å². The number of hydrogen-bond donors (Lipinski definition) is 0. The Morgan fingerprint density at radius 3 is 2.11 bits per heavy atom. The number of rotatable bonds is 4. The lowest BCUT2D eigenvalue weighted by molar-refractivity contribution is 0.547. The number of sulfonamides is 1.